The van der Waals surface area contributed by atoms with Crippen molar-refractivity contribution in [3.63, 3.8) is 0 Å². The van der Waals surface area contributed by atoms with E-state index in [4.69, 9.17) is 23.2 Å². The number of carbonyl (C=O) groups is 2. The van der Waals surface area contributed by atoms with Gasteiger partial charge < -0.3 is 0 Å². The van der Waals surface area contributed by atoms with Crippen molar-refractivity contribution < 1.29 is 9.59 Å². The molecule has 21 heavy (non-hydrogen) atoms. The standard InChI is InChI=1S/C16H13Cl2NO2/c1-2-19(15(20)11-5-3-7-13(17)9-11)16(21)12-6-4-8-14(18)10-12/h3-10H,2H2,1H3. The first-order chi connectivity index (χ1) is 10.0. The van der Waals surface area contributed by atoms with Gasteiger partial charge in [-0.2, -0.15) is 0 Å². The summed E-state index contributed by atoms with van der Waals surface area (Å²) < 4.78 is 0. The van der Waals surface area contributed by atoms with Crippen LogP contribution in [0.1, 0.15) is 27.6 Å². The number of halogens is 2. The third-order valence-corrected chi connectivity index (χ3v) is 3.42. The highest BCUT2D eigenvalue weighted by molar-refractivity contribution is 6.31. The Hall–Kier alpha value is -1.84. The molecule has 0 spiro atoms. The predicted molar refractivity (Wildman–Crippen MR) is 83.9 cm³/mol. The van der Waals surface area contributed by atoms with Crippen LogP contribution in [0.25, 0.3) is 0 Å². The van der Waals surface area contributed by atoms with Gasteiger partial charge >= 0.3 is 0 Å². The molecule has 0 saturated heterocycles. The second-order valence-electron chi connectivity index (χ2n) is 4.38. The van der Waals surface area contributed by atoms with Crippen molar-refractivity contribution >= 4 is 35.0 Å². The SMILES string of the molecule is CCN(C(=O)c1cccc(Cl)c1)C(=O)c1cccc(Cl)c1. The van der Waals surface area contributed by atoms with Crippen molar-refractivity contribution in [3.05, 3.63) is 69.7 Å². The van der Waals surface area contributed by atoms with Gasteiger partial charge in [-0.3, -0.25) is 14.5 Å². The highest BCUT2D eigenvalue weighted by Gasteiger charge is 2.22. The summed E-state index contributed by atoms with van der Waals surface area (Å²) >= 11 is 11.8. The fraction of sp³-hybridized carbons (Fsp3) is 0.125. The molecule has 2 aromatic carbocycles. The molecule has 2 aromatic rings. The van der Waals surface area contributed by atoms with E-state index in [1.807, 2.05) is 0 Å². The maximum absolute atomic E-state index is 12.4. The number of amides is 2. The van der Waals surface area contributed by atoms with Crippen molar-refractivity contribution in [1.29, 1.82) is 0 Å². The first kappa shape index (κ1) is 15.5. The average Bonchev–Trinajstić information content (AvgIpc) is 2.47. The summed E-state index contributed by atoms with van der Waals surface area (Å²) in [6.45, 7) is 2.00. The van der Waals surface area contributed by atoms with Gasteiger partial charge in [0.25, 0.3) is 11.8 Å². The molecule has 5 heteroatoms. The van der Waals surface area contributed by atoms with Gasteiger partial charge in [-0.1, -0.05) is 35.3 Å². The molecule has 2 rings (SSSR count). The molecule has 0 aliphatic rings. The molecule has 0 saturated carbocycles. The van der Waals surface area contributed by atoms with Gasteiger partial charge in [0.2, 0.25) is 0 Å². The first-order valence-corrected chi connectivity index (χ1v) is 7.16. The predicted octanol–water partition coefficient (Wildman–Crippen LogP) is 4.30. The molecule has 0 aliphatic heterocycles. The molecule has 0 fully saturated rings. The molecule has 0 radical (unpaired) electrons. The van der Waals surface area contributed by atoms with E-state index in [1.165, 1.54) is 12.1 Å². The van der Waals surface area contributed by atoms with Crippen molar-refractivity contribution in [1.82, 2.24) is 4.90 Å². The Balaban J connectivity index is 2.31. The van der Waals surface area contributed by atoms with Crippen LogP contribution in [0.3, 0.4) is 0 Å². The van der Waals surface area contributed by atoms with E-state index in [1.54, 1.807) is 43.3 Å². The van der Waals surface area contributed by atoms with E-state index in [-0.39, 0.29) is 18.4 Å². The monoisotopic (exact) mass is 321 g/mol. The van der Waals surface area contributed by atoms with Crippen LogP contribution in [0.2, 0.25) is 10.0 Å². The van der Waals surface area contributed by atoms with E-state index in [0.29, 0.717) is 21.2 Å². The lowest BCUT2D eigenvalue weighted by Gasteiger charge is -2.19. The molecule has 0 aliphatic carbocycles. The zero-order chi connectivity index (χ0) is 15.4. The Labute approximate surface area is 133 Å². The van der Waals surface area contributed by atoms with Gasteiger partial charge in [0.15, 0.2) is 0 Å². The maximum Gasteiger partial charge on any atom is 0.260 e. The summed E-state index contributed by atoms with van der Waals surface area (Å²) in [6, 6.07) is 13.0. The number of nitrogens with zero attached hydrogens (tertiary/aromatic N) is 1. The lowest BCUT2D eigenvalue weighted by molar-refractivity contribution is 0.0625. The van der Waals surface area contributed by atoms with Crippen LogP contribution >= 0.6 is 23.2 Å². The van der Waals surface area contributed by atoms with Crippen LogP contribution in [-0.4, -0.2) is 23.3 Å². The summed E-state index contributed by atoms with van der Waals surface area (Å²) in [5.74, 6) is -0.769. The fourth-order valence-corrected chi connectivity index (χ4v) is 2.31. The summed E-state index contributed by atoms with van der Waals surface area (Å²) in [5, 5.41) is 0.902. The Bertz CT molecular complexity index is 628. The normalized spacial score (nSPS) is 10.2. The van der Waals surface area contributed by atoms with Crippen molar-refractivity contribution in [2.45, 2.75) is 6.92 Å². The van der Waals surface area contributed by atoms with Crippen molar-refractivity contribution in [2.24, 2.45) is 0 Å². The minimum atomic E-state index is -0.384. The maximum atomic E-state index is 12.4. The third-order valence-electron chi connectivity index (χ3n) is 2.95. The second kappa shape index (κ2) is 6.74. The lowest BCUT2D eigenvalue weighted by Crippen LogP contribution is -2.36. The second-order valence-corrected chi connectivity index (χ2v) is 5.25. The summed E-state index contributed by atoms with van der Waals surface area (Å²) in [7, 11) is 0. The quantitative estimate of drug-likeness (QED) is 0.790. The topological polar surface area (TPSA) is 37.4 Å². The molecule has 108 valence electrons. The number of hydrogen-bond donors (Lipinski definition) is 0. The smallest absolute Gasteiger partial charge is 0.260 e. The summed E-state index contributed by atoms with van der Waals surface area (Å²) in [4.78, 5) is 26.0. The van der Waals surface area contributed by atoms with Crippen molar-refractivity contribution in [2.75, 3.05) is 6.54 Å². The van der Waals surface area contributed by atoms with Gasteiger partial charge in [0.05, 0.1) is 0 Å². The summed E-state index contributed by atoms with van der Waals surface area (Å²) in [5.41, 5.74) is 0.749. The van der Waals surface area contributed by atoms with Crippen LogP contribution < -0.4 is 0 Å². The zero-order valence-corrected chi connectivity index (χ0v) is 12.9. The Morgan fingerprint density at radius 2 is 1.33 bits per heavy atom. The van der Waals surface area contributed by atoms with Gasteiger partial charge in [0, 0.05) is 27.7 Å². The molecule has 0 heterocycles. The lowest BCUT2D eigenvalue weighted by atomic mass is 10.1. The number of hydrogen-bond acceptors (Lipinski definition) is 2. The minimum absolute atomic E-state index is 0.261. The molecule has 0 unspecified atom stereocenters. The average molecular weight is 322 g/mol. The van der Waals surface area contributed by atoms with Crippen LogP contribution in [0.15, 0.2) is 48.5 Å². The zero-order valence-electron chi connectivity index (χ0n) is 11.3. The molecule has 0 bridgehead atoms. The molecular weight excluding hydrogens is 309 g/mol. The Morgan fingerprint density at radius 1 is 0.905 bits per heavy atom. The first-order valence-electron chi connectivity index (χ1n) is 6.40. The van der Waals surface area contributed by atoms with Crippen LogP contribution in [0.5, 0.6) is 0 Å². The van der Waals surface area contributed by atoms with E-state index in [9.17, 15) is 9.59 Å². The number of rotatable bonds is 3. The van der Waals surface area contributed by atoms with E-state index >= 15 is 0 Å². The van der Waals surface area contributed by atoms with Crippen LogP contribution in [0, 0.1) is 0 Å². The van der Waals surface area contributed by atoms with Gasteiger partial charge in [-0.05, 0) is 43.3 Å². The Morgan fingerprint density at radius 3 is 1.67 bits per heavy atom. The number of carbonyl (C=O) groups excluding carboxylic acids is 2. The van der Waals surface area contributed by atoms with E-state index in [0.717, 1.165) is 4.90 Å². The van der Waals surface area contributed by atoms with E-state index < -0.39 is 0 Å². The Kier molecular flexibility index (Phi) is 4.99. The molecule has 0 atom stereocenters. The molecule has 0 N–H and O–H groups in total. The highest BCUT2D eigenvalue weighted by atomic mass is 35.5. The summed E-state index contributed by atoms with van der Waals surface area (Å²) in [6.07, 6.45) is 0. The van der Waals surface area contributed by atoms with Gasteiger partial charge in [0.1, 0.15) is 0 Å². The number of imide groups is 1. The molecule has 0 aromatic heterocycles. The molecule has 2 amide bonds. The highest BCUT2D eigenvalue weighted by Crippen LogP contribution is 2.16. The van der Waals surface area contributed by atoms with E-state index in [2.05, 4.69) is 0 Å². The largest absolute Gasteiger partial charge is 0.275 e. The van der Waals surface area contributed by atoms with Crippen molar-refractivity contribution in [3.8, 4) is 0 Å². The van der Waals surface area contributed by atoms with Crippen LogP contribution in [0.4, 0.5) is 0 Å². The minimum Gasteiger partial charge on any atom is -0.275 e. The van der Waals surface area contributed by atoms with Gasteiger partial charge in [-0.25, -0.2) is 0 Å². The molecular formula is C16H13Cl2NO2. The third kappa shape index (κ3) is 3.63. The fourth-order valence-electron chi connectivity index (χ4n) is 1.93. The number of benzene rings is 2. The molecule has 3 nitrogen and oxygen atoms in total. The van der Waals surface area contributed by atoms with Gasteiger partial charge in [-0.15, -0.1) is 0 Å². The van der Waals surface area contributed by atoms with Crippen LogP contribution in [-0.2, 0) is 0 Å².